The van der Waals surface area contributed by atoms with Crippen molar-refractivity contribution in [3.8, 4) is 11.5 Å². The van der Waals surface area contributed by atoms with Crippen LogP contribution < -0.4 is 14.8 Å². The monoisotopic (exact) mass is 295 g/mol. The molecular formula is C16H25NO2S. The van der Waals surface area contributed by atoms with E-state index in [0.29, 0.717) is 6.04 Å². The summed E-state index contributed by atoms with van der Waals surface area (Å²) in [6.45, 7) is 0.898. The number of hydrogen-bond acceptors (Lipinski definition) is 4. The quantitative estimate of drug-likeness (QED) is 0.870. The number of benzene rings is 1. The van der Waals surface area contributed by atoms with E-state index in [9.17, 15) is 0 Å². The summed E-state index contributed by atoms with van der Waals surface area (Å²) in [5.41, 5.74) is 1.25. The Balaban J connectivity index is 1.85. The van der Waals surface area contributed by atoms with Crippen LogP contribution in [0.4, 0.5) is 0 Å². The van der Waals surface area contributed by atoms with Crippen molar-refractivity contribution in [1.29, 1.82) is 0 Å². The van der Waals surface area contributed by atoms with Gasteiger partial charge < -0.3 is 14.8 Å². The van der Waals surface area contributed by atoms with E-state index in [0.717, 1.165) is 23.3 Å². The second-order valence-electron chi connectivity index (χ2n) is 5.28. The molecule has 0 unspecified atom stereocenters. The molecule has 4 heteroatoms. The van der Waals surface area contributed by atoms with Gasteiger partial charge in [-0.25, -0.2) is 0 Å². The fraction of sp³-hybridized carbons (Fsp3) is 0.625. The maximum Gasteiger partial charge on any atom is 0.161 e. The van der Waals surface area contributed by atoms with Gasteiger partial charge in [0.1, 0.15) is 0 Å². The third kappa shape index (κ3) is 4.06. The molecule has 0 amide bonds. The van der Waals surface area contributed by atoms with Crippen molar-refractivity contribution in [2.45, 2.75) is 43.5 Å². The molecule has 1 aromatic rings. The van der Waals surface area contributed by atoms with E-state index in [1.54, 1.807) is 14.2 Å². The molecule has 0 saturated heterocycles. The van der Waals surface area contributed by atoms with Crippen molar-refractivity contribution >= 4 is 11.8 Å². The van der Waals surface area contributed by atoms with Gasteiger partial charge in [0.2, 0.25) is 0 Å². The van der Waals surface area contributed by atoms with Crippen molar-refractivity contribution in [1.82, 2.24) is 5.32 Å². The van der Waals surface area contributed by atoms with Gasteiger partial charge in [0.15, 0.2) is 11.5 Å². The number of rotatable bonds is 6. The van der Waals surface area contributed by atoms with Crippen molar-refractivity contribution < 1.29 is 9.47 Å². The second-order valence-corrected chi connectivity index (χ2v) is 6.42. The summed E-state index contributed by atoms with van der Waals surface area (Å²) >= 11 is 2.01. The van der Waals surface area contributed by atoms with Gasteiger partial charge >= 0.3 is 0 Å². The third-order valence-electron chi connectivity index (χ3n) is 4.05. The Morgan fingerprint density at radius 2 is 1.80 bits per heavy atom. The molecule has 1 saturated carbocycles. The molecule has 0 atom stereocenters. The summed E-state index contributed by atoms with van der Waals surface area (Å²) in [5, 5.41) is 4.54. The van der Waals surface area contributed by atoms with E-state index in [4.69, 9.17) is 9.47 Å². The molecule has 1 N–H and O–H groups in total. The highest BCUT2D eigenvalue weighted by Gasteiger charge is 2.19. The molecule has 1 fully saturated rings. The van der Waals surface area contributed by atoms with E-state index in [-0.39, 0.29) is 0 Å². The number of ether oxygens (including phenoxy) is 2. The van der Waals surface area contributed by atoms with Gasteiger partial charge in [-0.2, -0.15) is 11.8 Å². The molecule has 3 nitrogen and oxygen atoms in total. The Labute approximate surface area is 126 Å². The maximum atomic E-state index is 5.34. The van der Waals surface area contributed by atoms with Crippen LogP contribution in [0.25, 0.3) is 0 Å². The lowest BCUT2D eigenvalue weighted by Crippen LogP contribution is -2.33. The predicted molar refractivity (Wildman–Crippen MR) is 85.9 cm³/mol. The predicted octanol–water partition coefficient (Wildman–Crippen LogP) is 3.47. The first-order chi connectivity index (χ1) is 9.76. The van der Waals surface area contributed by atoms with Gasteiger partial charge in [0.05, 0.1) is 14.2 Å². The highest BCUT2D eigenvalue weighted by molar-refractivity contribution is 7.99. The first-order valence-electron chi connectivity index (χ1n) is 7.24. The van der Waals surface area contributed by atoms with Gasteiger partial charge in [-0.15, -0.1) is 0 Å². The van der Waals surface area contributed by atoms with Crippen molar-refractivity contribution in [2.24, 2.45) is 0 Å². The Morgan fingerprint density at radius 1 is 1.10 bits per heavy atom. The minimum atomic E-state index is 0.659. The largest absolute Gasteiger partial charge is 0.493 e. The Morgan fingerprint density at radius 3 is 2.40 bits per heavy atom. The summed E-state index contributed by atoms with van der Waals surface area (Å²) in [4.78, 5) is 0. The minimum Gasteiger partial charge on any atom is -0.493 e. The number of methoxy groups -OCH3 is 2. The Hall–Kier alpha value is -0.870. The smallest absolute Gasteiger partial charge is 0.161 e. The fourth-order valence-corrected chi connectivity index (χ4v) is 3.50. The Bertz CT molecular complexity index is 417. The molecule has 20 heavy (non-hydrogen) atoms. The first-order valence-corrected chi connectivity index (χ1v) is 8.52. The Kier molecular flexibility index (Phi) is 6.05. The highest BCUT2D eigenvalue weighted by atomic mass is 32.2. The molecule has 0 bridgehead atoms. The standard InChI is InChI=1S/C16H25NO2S/c1-18-15-9-4-12(10-16(15)19-2)11-17-13-5-7-14(20-3)8-6-13/h4,9-10,13-14,17H,5-8,11H2,1-3H3. The van der Waals surface area contributed by atoms with Crippen LogP contribution in [0, 0.1) is 0 Å². The van der Waals surface area contributed by atoms with Gasteiger partial charge in [-0.05, 0) is 49.6 Å². The molecule has 1 aliphatic rings. The van der Waals surface area contributed by atoms with Gasteiger partial charge in [0, 0.05) is 17.8 Å². The lowest BCUT2D eigenvalue weighted by molar-refractivity contribution is 0.353. The average Bonchev–Trinajstić information content (AvgIpc) is 2.53. The number of thioether (sulfide) groups is 1. The molecule has 2 rings (SSSR count). The zero-order valence-electron chi connectivity index (χ0n) is 12.6. The van der Waals surface area contributed by atoms with Crippen LogP contribution >= 0.6 is 11.8 Å². The van der Waals surface area contributed by atoms with Crippen LogP contribution in [0.3, 0.4) is 0 Å². The SMILES string of the molecule is COc1ccc(CNC2CCC(SC)CC2)cc1OC. The lowest BCUT2D eigenvalue weighted by Gasteiger charge is -2.28. The average molecular weight is 295 g/mol. The van der Waals surface area contributed by atoms with E-state index < -0.39 is 0 Å². The normalized spacial score (nSPS) is 22.6. The number of nitrogens with one attached hydrogen (secondary N) is 1. The van der Waals surface area contributed by atoms with Crippen LogP contribution in [0.15, 0.2) is 18.2 Å². The second kappa shape index (κ2) is 7.79. The fourth-order valence-electron chi connectivity index (χ4n) is 2.76. The van der Waals surface area contributed by atoms with Gasteiger partial charge in [-0.3, -0.25) is 0 Å². The van der Waals surface area contributed by atoms with E-state index >= 15 is 0 Å². The molecular weight excluding hydrogens is 270 g/mol. The summed E-state index contributed by atoms with van der Waals surface area (Å²) in [7, 11) is 3.35. The molecule has 1 aliphatic carbocycles. The topological polar surface area (TPSA) is 30.5 Å². The van der Waals surface area contributed by atoms with Crippen LogP contribution in [0.1, 0.15) is 31.2 Å². The molecule has 112 valence electrons. The zero-order chi connectivity index (χ0) is 14.4. The molecule has 1 aromatic carbocycles. The van der Waals surface area contributed by atoms with Crippen LogP contribution in [0.2, 0.25) is 0 Å². The molecule has 0 spiro atoms. The molecule has 0 radical (unpaired) electrons. The lowest BCUT2D eigenvalue weighted by atomic mass is 9.95. The first kappa shape index (κ1) is 15.5. The van der Waals surface area contributed by atoms with E-state index in [1.807, 2.05) is 17.8 Å². The van der Waals surface area contributed by atoms with Crippen LogP contribution in [-0.2, 0) is 6.54 Å². The highest BCUT2D eigenvalue weighted by Crippen LogP contribution is 2.29. The summed E-state index contributed by atoms with van der Waals surface area (Å²) in [6, 6.07) is 6.79. The molecule has 0 heterocycles. The van der Waals surface area contributed by atoms with Crippen LogP contribution in [-0.4, -0.2) is 31.8 Å². The molecule has 0 aliphatic heterocycles. The molecule has 0 aromatic heterocycles. The van der Waals surface area contributed by atoms with Crippen molar-refractivity contribution in [2.75, 3.05) is 20.5 Å². The maximum absolute atomic E-state index is 5.34. The van der Waals surface area contributed by atoms with E-state index in [1.165, 1.54) is 31.2 Å². The van der Waals surface area contributed by atoms with Crippen LogP contribution in [0.5, 0.6) is 11.5 Å². The zero-order valence-corrected chi connectivity index (χ0v) is 13.5. The minimum absolute atomic E-state index is 0.659. The summed E-state index contributed by atoms with van der Waals surface area (Å²) < 4.78 is 10.6. The summed E-state index contributed by atoms with van der Waals surface area (Å²) in [5.74, 6) is 1.59. The van der Waals surface area contributed by atoms with E-state index in [2.05, 4.69) is 23.7 Å². The summed E-state index contributed by atoms with van der Waals surface area (Å²) in [6.07, 6.45) is 7.48. The van der Waals surface area contributed by atoms with Crippen molar-refractivity contribution in [3.05, 3.63) is 23.8 Å². The van der Waals surface area contributed by atoms with Crippen molar-refractivity contribution in [3.63, 3.8) is 0 Å². The van der Waals surface area contributed by atoms with Gasteiger partial charge in [-0.1, -0.05) is 6.07 Å². The third-order valence-corrected chi connectivity index (χ3v) is 5.19. The number of hydrogen-bond donors (Lipinski definition) is 1. The van der Waals surface area contributed by atoms with Gasteiger partial charge in [0.25, 0.3) is 0 Å².